The van der Waals surface area contributed by atoms with Crippen molar-refractivity contribution in [1.82, 2.24) is 4.98 Å². The topological polar surface area (TPSA) is 65.5 Å². The Morgan fingerprint density at radius 2 is 1.74 bits per heavy atom. The second kappa shape index (κ2) is 5.46. The first kappa shape index (κ1) is 13.6. The smallest absolute Gasteiger partial charge is 0.266 e. The van der Waals surface area contributed by atoms with Gasteiger partial charge in [0, 0.05) is 16.9 Å². The number of pyridine rings is 1. The van der Waals surface area contributed by atoms with Crippen LogP contribution in [0.3, 0.4) is 0 Å². The number of benzene rings is 1. The van der Waals surface area contributed by atoms with Gasteiger partial charge in [0.05, 0.1) is 7.11 Å². The highest BCUT2D eigenvalue weighted by Crippen LogP contribution is 2.29. The maximum Gasteiger partial charge on any atom is 0.266 e. The molecule has 0 aliphatic rings. The third-order valence-electron chi connectivity index (χ3n) is 2.27. The summed E-state index contributed by atoms with van der Waals surface area (Å²) in [5, 5.41) is 0. The molecule has 0 radical (unpaired) electrons. The highest BCUT2D eigenvalue weighted by Gasteiger charge is 2.18. The fraction of sp³-hybridized carbons (Fsp3) is 0.0833. The summed E-state index contributed by atoms with van der Waals surface area (Å²) in [4.78, 5) is 3.69. The van der Waals surface area contributed by atoms with E-state index in [1.54, 1.807) is 31.4 Å². The van der Waals surface area contributed by atoms with Gasteiger partial charge in [-0.25, -0.2) is 13.4 Å². The zero-order valence-electron chi connectivity index (χ0n) is 9.91. The first-order chi connectivity index (χ1) is 9.00. The van der Waals surface area contributed by atoms with Crippen molar-refractivity contribution in [3.05, 3.63) is 42.6 Å². The van der Waals surface area contributed by atoms with Crippen LogP contribution in [0.15, 0.2) is 47.5 Å². The van der Waals surface area contributed by atoms with E-state index in [2.05, 4.69) is 4.98 Å². The second-order valence-electron chi connectivity index (χ2n) is 3.52. The molecular weight excluding hydrogens is 290 g/mol. The Morgan fingerprint density at radius 3 is 2.32 bits per heavy atom. The molecular formula is C12H10ClNO4S. The van der Waals surface area contributed by atoms with Crippen molar-refractivity contribution in [2.75, 3.05) is 7.11 Å². The van der Waals surface area contributed by atoms with Gasteiger partial charge in [-0.3, -0.25) is 0 Å². The lowest BCUT2D eigenvalue weighted by Crippen LogP contribution is -1.97. The molecule has 5 nitrogen and oxygen atoms in total. The van der Waals surface area contributed by atoms with Gasteiger partial charge in [0.1, 0.15) is 16.4 Å². The first-order valence-electron chi connectivity index (χ1n) is 5.22. The minimum absolute atomic E-state index is 0.0670. The Bertz CT molecular complexity index is 670. The Labute approximate surface area is 115 Å². The van der Waals surface area contributed by atoms with Gasteiger partial charge >= 0.3 is 0 Å². The predicted molar refractivity (Wildman–Crippen MR) is 70.3 cm³/mol. The number of ether oxygens (including phenoxy) is 2. The summed E-state index contributed by atoms with van der Waals surface area (Å²) in [5.41, 5.74) is 0. The van der Waals surface area contributed by atoms with Crippen LogP contribution in [0.4, 0.5) is 0 Å². The van der Waals surface area contributed by atoms with Crippen LogP contribution in [0.2, 0.25) is 0 Å². The van der Waals surface area contributed by atoms with E-state index in [4.69, 9.17) is 20.2 Å². The summed E-state index contributed by atoms with van der Waals surface area (Å²) in [7, 11) is 2.95. The Hall–Kier alpha value is -1.79. The van der Waals surface area contributed by atoms with Crippen LogP contribution in [-0.4, -0.2) is 20.5 Å². The van der Waals surface area contributed by atoms with Gasteiger partial charge in [0.2, 0.25) is 5.88 Å². The van der Waals surface area contributed by atoms with Crippen LogP contribution in [-0.2, 0) is 9.05 Å². The van der Waals surface area contributed by atoms with Gasteiger partial charge in [0.25, 0.3) is 9.05 Å². The number of hydrogen-bond acceptors (Lipinski definition) is 5. The molecule has 0 unspecified atom stereocenters. The molecule has 0 saturated heterocycles. The predicted octanol–water partition coefficient (Wildman–Crippen LogP) is 2.81. The Kier molecular flexibility index (Phi) is 3.92. The Balaban J connectivity index is 2.33. The molecule has 0 aliphatic heterocycles. The molecule has 0 fully saturated rings. The van der Waals surface area contributed by atoms with E-state index in [1.165, 1.54) is 18.3 Å². The molecule has 100 valence electrons. The SMILES string of the molecule is COc1ccc(Oc2ncccc2S(=O)(=O)Cl)cc1. The third kappa shape index (κ3) is 3.36. The average molecular weight is 300 g/mol. The van der Waals surface area contributed by atoms with Crippen LogP contribution < -0.4 is 9.47 Å². The highest BCUT2D eigenvalue weighted by atomic mass is 35.7. The van der Waals surface area contributed by atoms with E-state index in [0.29, 0.717) is 11.5 Å². The summed E-state index contributed by atoms with van der Waals surface area (Å²) in [6.45, 7) is 0. The molecule has 0 spiro atoms. The molecule has 2 rings (SSSR count). The lowest BCUT2D eigenvalue weighted by atomic mass is 10.3. The lowest BCUT2D eigenvalue weighted by molar-refractivity contribution is 0.411. The van der Waals surface area contributed by atoms with Crippen molar-refractivity contribution in [2.45, 2.75) is 4.90 Å². The molecule has 1 aromatic carbocycles. The first-order valence-corrected chi connectivity index (χ1v) is 7.53. The van der Waals surface area contributed by atoms with Crippen molar-refractivity contribution < 1.29 is 17.9 Å². The van der Waals surface area contributed by atoms with E-state index in [1.807, 2.05) is 0 Å². The zero-order valence-corrected chi connectivity index (χ0v) is 11.5. The number of halogens is 1. The number of aromatic nitrogens is 1. The van der Waals surface area contributed by atoms with Crippen LogP contribution in [0.25, 0.3) is 0 Å². The quantitative estimate of drug-likeness (QED) is 0.812. The van der Waals surface area contributed by atoms with Gasteiger partial charge < -0.3 is 9.47 Å². The molecule has 0 atom stereocenters. The van der Waals surface area contributed by atoms with Crippen molar-refractivity contribution in [1.29, 1.82) is 0 Å². The molecule has 0 saturated carbocycles. The molecule has 0 bridgehead atoms. The third-order valence-corrected chi connectivity index (χ3v) is 3.61. The lowest BCUT2D eigenvalue weighted by Gasteiger charge is -2.08. The summed E-state index contributed by atoms with van der Waals surface area (Å²) < 4.78 is 33.2. The van der Waals surface area contributed by atoms with Crippen molar-refractivity contribution in [2.24, 2.45) is 0 Å². The van der Waals surface area contributed by atoms with Crippen molar-refractivity contribution >= 4 is 19.7 Å². The van der Waals surface area contributed by atoms with E-state index >= 15 is 0 Å². The maximum atomic E-state index is 11.4. The largest absolute Gasteiger partial charge is 0.497 e. The van der Waals surface area contributed by atoms with Gasteiger partial charge in [-0.15, -0.1) is 0 Å². The number of methoxy groups -OCH3 is 1. The molecule has 2 aromatic rings. The van der Waals surface area contributed by atoms with E-state index in [-0.39, 0.29) is 10.8 Å². The molecule has 0 amide bonds. The minimum Gasteiger partial charge on any atom is -0.497 e. The zero-order chi connectivity index (χ0) is 13.9. The van der Waals surface area contributed by atoms with E-state index < -0.39 is 9.05 Å². The van der Waals surface area contributed by atoms with Gasteiger partial charge in [-0.1, -0.05) is 0 Å². The molecule has 7 heteroatoms. The highest BCUT2D eigenvalue weighted by molar-refractivity contribution is 8.13. The number of rotatable bonds is 4. The summed E-state index contributed by atoms with van der Waals surface area (Å²) in [6.07, 6.45) is 1.42. The molecule has 0 aliphatic carbocycles. The standard InChI is InChI=1S/C12H10ClNO4S/c1-17-9-4-6-10(7-5-9)18-12-11(19(13,15)16)3-2-8-14-12/h2-8H,1H3. The summed E-state index contributed by atoms with van der Waals surface area (Å²) >= 11 is 0. The molecule has 1 heterocycles. The number of nitrogens with zero attached hydrogens (tertiary/aromatic N) is 1. The summed E-state index contributed by atoms with van der Waals surface area (Å²) in [6, 6.07) is 9.45. The van der Waals surface area contributed by atoms with Crippen molar-refractivity contribution in [3.63, 3.8) is 0 Å². The van der Waals surface area contributed by atoms with Crippen molar-refractivity contribution in [3.8, 4) is 17.4 Å². The maximum absolute atomic E-state index is 11.4. The summed E-state index contributed by atoms with van der Waals surface area (Å²) in [5.74, 6) is 1.03. The Morgan fingerprint density at radius 1 is 1.11 bits per heavy atom. The fourth-order valence-corrected chi connectivity index (χ4v) is 2.29. The molecule has 1 aromatic heterocycles. The van der Waals surface area contributed by atoms with E-state index in [0.717, 1.165) is 0 Å². The van der Waals surface area contributed by atoms with Gasteiger partial charge in [-0.05, 0) is 36.4 Å². The average Bonchev–Trinajstić information content (AvgIpc) is 2.39. The molecule has 19 heavy (non-hydrogen) atoms. The minimum atomic E-state index is -3.91. The monoisotopic (exact) mass is 299 g/mol. The van der Waals surface area contributed by atoms with Gasteiger partial charge in [-0.2, -0.15) is 0 Å². The van der Waals surface area contributed by atoms with E-state index in [9.17, 15) is 8.42 Å². The van der Waals surface area contributed by atoms with Crippen LogP contribution >= 0.6 is 10.7 Å². The number of hydrogen-bond donors (Lipinski definition) is 0. The fourth-order valence-electron chi connectivity index (χ4n) is 1.39. The second-order valence-corrected chi connectivity index (χ2v) is 6.06. The molecule has 0 N–H and O–H groups in total. The van der Waals surface area contributed by atoms with Crippen LogP contribution in [0.5, 0.6) is 17.4 Å². The normalized spacial score (nSPS) is 11.1. The van der Waals surface area contributed by atoms with Crippen LogP contribution in [0, 0.1) is 0 Å². The van der Waals surface area contributed by atoms with Gasteiger partial charge in [0.15, 0.2) is 0 Å². The van der Waals surface area contributed by atoms with Crippen LogP contribution in [0.1, 0.15) is 0 Å².